The molecule has 0 spiro atoms. The summed E-state index contributed by atoms with van der Waals surface area (Å²) >= 11 is 0. The third-order valence-electron chi connectivity index (χ3n) is 3.72. The Bertz CT molecular complexity index is 564. The SMILES string of the molecule is Cn1cc(C(=O)c2ccc(C3CCC3)cc2)cn1. The van der Waals surface area contributed by atoms with Crippen LogP contribution in [0.3, 0.4) is 0 Å². The third-order valence-corrected chi connectivity index (χ3v) is 3.72. The number of aryl methyl sites for hydroxylation is 1. The molecule has 0 atom stereocenters. The van der Waals surface area contributed by atoms with Crippen LogP contribution in [0.15, 0.2) is 36.7 Å². The Labute approximate surface area is 106 Å². The van der Waals surface area contributed by atoms with Crippen molar-refractivity contribution in [3.05, 3.63) is 53.3 Å². The van der Waals surface area contributed by atoms with Crippen LogP contribution in [0.5, 0.6) is 0 Å². The zero-order chi connectivity index (χ0) is 12.5. The van der Waals surface area contributed by atoms with Crippen molar-refractivity contribution in [2.45, 2.75) is 25.2 Å². The molecule has 0 aliphatic heterocycles. The van der Waals surface area contributed by atoms with Gasteiger partial charge in [-0.25, -0.2) is 0 Å². The number of hydrogen-bond acceptors (Lipinski definition) is 2. The van der Waals surface area contributed by atoms with Crippen LogP contribution in [0.25, 0.3) is 0 Å². The minimum Gasteiger partial charge on any atom is -0.288 e. The molecule has 18 heavy (non-hydrogen) atoms. The zero-order valence-electron chi connectivity index (χ0n) is 10.5. The highest BCUT2D eigenvalue weighted by molar-refractivity contribution is 6.08. The van der Waals surface area contributed by atoms with Gasteiger partial charge in [0.1, 0.15) is 0 Å². The molecule has 1 saturated carbocycles. The van der Waals surface area contributed by atoms with Crippen molar-refractivity contribution < 1.29 is 4.79 Å². The van der Waals surface area contributed by atoms with Crippen LogP contribution < -0.4 is 0 Å². The summed E-state index contributed by atoms with van der Waals surface area (Å²) in [5.74, 6) is 0.760. The van der Waals surface area contributed by atoms with E-state index >= 15 is 0 Å². The maximum Gasteiger partial charge on any atom is 0.196 e. The number of nitrogens with zero attached hydrogens (tertiary/aromatic N) is 2. The van der Waals surface area contributed by atoms with E-state index in [4.69, 9.17) is 0 Å². The number of aromatic nitrogens is 2. The maximum atomic E-state index is 12.2. The lowest BCUT2D eigenvalue weighted by Crippen LogP contribution is -2.09. The topological polar surface area (TPSA) is 34.9 Å². The quantitative estimate of drug-likeness (QED) is 0.773. The van der Waals surface area contributed by atoms with E-state index in [2.05, 4.69) is 17.2 Å². The lowest BCUT2D eigenvalue weighted by Gasteiger charge is -2.25. The van der Waals surface area contributed by atoms with E-state index in [-0.39, 0.29) is 5.78 Å². The van der Waals surface area contributed by atoms with Gasteiger partial charge in [0, 0.05) is 18.8 Å². The maximum absolute atomic E-state index is 12.2. The van der Waals surface area contributed by atoms with Gasteiger partial charge in [0.15, 0.2) is 5.78 Å². The number of benzene rings is 1. The first-order chi connectivity index (χ1) is 8.74. The molecule has 3 heteroatoms. The summed E-state index contributed by atoms with van der Waals surface area (Å²) in [6, 6.07) is 8.05. The highest BCUT2D eigenvalue weighted by atomic mass is 16.1. The van der Waals surface area contributed by atoms with Gasteiger partial charge in [-0.2, -0.15) is 5.10 Å². The minimum atomic E-state index is 0.0447. The van der Waals surface area contributed by atoms with Crippen molar-refractivity contribution in [3.8, 4) is 0 Å². The van der Waals surface area contributed by atoms with Crippen LogP contribution in [0, 0.1) is 0 Å². The molecule has 3 rings (SSSR count). The fourth-order valence-electron chi connectivity index (χ4n) is 2.35. The van der Waals surface area contributed by atoms with Crippen molar-refractivity contribution in [1.29, 1.82) is 0 Å². The number of rotatable bonds is 3. The van der Waals surface area contributed by atoms with E-state index in [9.17, 15) is 4.79 Å². The predicted molar refractivity (Wildman–Crippen MR) is 69.7 cm³/mol. The number of hydrogen-bond donors (Lipinski definition) is 0. The smallest absolute Gasteiger partial charge is 0.196 e. The molecular formula is C15H16N2O. The molecule has 92 valence electrons. The van der Waals surface area contributed by atoms with Gasteiger partial charge in [-0.15, -0.1) is 0 Å². The summed E-state index contributed by atoms with van der Waals surface area (Å²) in [5, 5.41) is 4.03. The van der Waals surface area contributed by atoms with Gasteiger partial charge >= 0.3 is 0 Å². The molecule has 0 N–H and O–H groups in total. The van der Waals surface area contributed by atoms with E-state index in [1.165, 1.54) is 24.8 Å². The third kappa shape index (κ3) is 1.96. The van der Waals surface area contributed by atoms with E-state index in [0.717, 1.165) is 5.56 Å². The van der Waals surface area contributed by atoms with Crippen LogP contribution in [0.1, 0.15) is 46.7 Å². The molecule has 3 nitrogen and oxygen atoms in total. The Hall–Kier alpha value is -1.90. The fraction of sp³-hybridized carbons (Fsp3) is 0.333. The summed E-state index contributed by atoms with van der Waals surface area (Å²) in [7, 11) is 1.82. The number of carbonyl (C=O) groups is 1. The molecule has 1 aliphatic carbocycles. The van der Waals surface area contributed by atoms with Gasteiger partial charge in [0.05, 0.1) is 11.8 Å². The number of carbonyl (C=O) groups excluding carboxylic acids is 1. The zero-order valence-corrected chi connectivity index (χ0v) is 10.5. The second-order valence-corrected chi connectivity index (χ2v) is 4.98. The number of ketones is 1. The summed E-state index contributed by atoms with van der Waals surface area (Å²) in [6.45, 7) is 0. The van der Waals surface area contributed by atoms with Crippen molar-refractivity contribution >= 4 is 5.78 Å². The lowest BCUT2D eigenvalue weighted by atomic mass is 9.80. The van der Waals surface area contributed by atoms with Crippen LogP contribution in [0.2, 0.25) is 0 Å². The van der Waals surface area contributed by atoms with Crippen molar-refractivity contribution in [1.82, 2.24) is 9.78 Å². The minimum absolute atomic E-state index is 0.0447. The summed E-state index contributed by atoms with van der Waals surface area (Å²) in [4.78, 5) is 12.2. The van der Waals surface area contributed by atoms with Gasteiger partial charge in [-0.3, -0.25) is 9.48 Å². The Morgan fingerprint density at radius 1 is 1.22 bits per heavy atom. The molecule has 1 aliphatic rings. The Kier molecular flexibility index (Phi) is 2.74. The van der Waals surface area contributed by atoms with Gasteiger partial charge < -0.3 is 0 Å². The molecule has 0 radical (unpaired) electrons. The van der Waals surface area contributed by atoms with E-state index < -0.39 is 0 Å². The van der Waals surface area contributed by atoms with E-state index in [0.29, 0.717) is 11.5 Å². The molecule has 1 fully saturated rings. The second-order valence-electron chi connectivity index (χ2n) is 4.98. The van der Waals surface area contributed by atoms with Gasteiger partial charge in [-0.1, -0.05) is 30.7 Å². The first-order valence-corrected chi connectivity index (χ1v) is 6.37. The molecule has 1 aromatic heterocycles. The predicted octanol–water partition coefficient (Wildman–Crippen LogP) is 2.92. The largest absolute Gasteiger partial charge is 0.288 e. The van der Waals surface area contributed by atoms with Crippen LogP contribution >= 0.6 is 0 Å². The molecule has 0 amide bonds. The Morgan fingerprint density at radius 3 is 2.44 bits per heavy atom. The molecule has 1 aromatic carbocycles. The summed E-state index contributed by atoms with van der Waals surface area (Å²) in [6.07, 6.45) is 7.27. The molecule has 0 bridgehead atoms. The normalized spacial score (nSPS) is 15.4. The van der Waals surface area contributed by atoms with Crippen LogP contribution in [-0.2, 0) is 7.05 Å². The first-order valence-electron chi connectivity index (χ1n) is 6.37. The molecule has 0 unspecified atom stereocenters. The van der Waals surface area contributed by atoms with E-state index in [1.54, 1.807) is 17.1 Å². The summed E-state index contributed by atoms with van der Waals surface area (Å²) < 4.78 is 1.65. The van der Waals surface area contributed by atoms with Crippen molar-refractivity contribution in [2.24, 2.45) is 7.05 Å². The summed E-state index contributed by atoms with van der Waals surface area (Å²) in [5.41, 5.74) is 2.75. The Morgan fingerprint density at radius 2 is 1.94 bits per heavy atom. The second kappa shape index (κ2) is 4.41. The van der Waals surface area contributed by atoms with Gasteiger partial charge in [0.2, 0.25) is 0 Å². The monoisotopic (exact) mass is 240 g/mol. The van der Waals surface area contributed by atoms with Gasteiger partial charge in [0.25, 0.3) is 0 Å². The fourth-order valence-corrected chi connectivity index (χ4v) is 2.35. The molecule has 2 aromatic rings. The molecule has 1 heterocycles. The van der Waals surface area contributed by atoms with Crippen molar-refractivity contribution in [3.63, 3.8) is 0 Å². The lowest BCUT2D eigenvalue weighted by molar-refractivity contribution is 0.103. The van der Waals surface area contributed by atoms with Crippen LogP contribution in [-0.4, -0.2) is 15.6 Å². The van der Waals surface area contributed by atoms with Crippen molar-refractivity contribution in [2.75, 3.05) is 0 Å². The highest BCUT2D eigenvalue weighted by Gasteiger charge is 2.19. The molecular weight excluding hydrogens is 224 g/mol. The first kappa shape index (κ1) is 11.2. The average molecular weight is 240 g/mol. The van der Waals surface area contributed by atoms with E-state index in [1.807, 2.05) is 19.2 Å². The molecule has 0 saturated heterocycles. The average Bonchev–Trinajstić information content (AvgIpc) is 2.74. The Balaban J connectivity index is 1.81. The highest BCUT2D eigenvalue weighted by Crippen LogP contribution is 2.36. The van der Waals surface area contributed by atoms with Crippen LogP contribution in [0.4, 0.5) is 0 Å². The van der Waals surface area contributed by atoms with Gasteiger partial charge in [-0.05, 0) is 24.3 Å². The standard InChI is InChI=1S/C15H16N2O/c1-17-10-14(9-16-17)15(18)13-7-5-12(6-8-13)11-3-2-4-11/h5-11H,2-4H2,1H3.